The number of aryl methyl sites for hydroxylation is 1. The average Bonchev–Trinajstić information content (AvgIpc) is 2.73. The first kappa shape index (κ1) is 20.3. The van der Waals surface area contributed by atoms with Gasteiger partial charge < -0.3 is 25.2 Å². The van der Waals surface area contributed by atoms with Gasteiger partial charge in [-0.2, -0.15) is 0 Å². The fraction of sp³-hybridized carbons (Fsp3) is 0.167. The maximum Gasteiger partial charge on any atom is 0.312 e. The highest BCUT2D eigenvalue weighted by Crippen LogP contribution is 2.48. The summed E-state index contributed by atoms with van der Waals surface area (Å²) in [7, 11) is 0. The minimum Gasteiger partial charge on any atom is -0.508 e. The van der Waals surface area contributed by atoms with E-state index >= 15 is 0 Å². The topological polar surface area (TPSA) is 124 Å². The van der Waals surface area contributed by atoms with E-state index in [1.807, 2.05) is 0 Å². The maximum absolute atomic E-state index is 12.9. The van der Waals surface area contributed by atoms with Crippen LogP contribution in [-0.2, 0) is 11.2 Å². The van der Waals surface area contributed by atoms with Crippen molar-refractivity contribution in [3.05, 3.63) is 76.9 Å². The monoisotopic (exact) mass is 420 g/mol. The van der Waals surface area contributed by atoms with E-state index < -0.39 is 29.2 Å². The van der Waals surface area contributed by atoms with Crippen LogP contribution >= 0.6 is 0 Å². The number of ketones is 1. The molecule has 0 bridgehead atoms. The standard InChI is InChI=1S/C24H20O7/c25-15-6-1-13(2-7-15)3-10-18(27)23-19(28)12-20-22(24(23)30)17(11-21(29)31-20)14-4-8-16(26)9-5-14/h1-2,4-9,12,17,25-26,28,30H,3,10-11H2. The predicted molar refractivity (Wildman–Crippen MR) is 111 cm³/mol. The largest absolute Gasteiger partial charge is 0.508 e. The third-order valence-electron chi connectivity index (χ3n) is 5.38. The Labute approximate surface area is 177 Å². The lowest BCUT2D eigenvalue weighted by Crippen LogP contribution is -2.22. The number of esters is 1. The number of phenols is 4. The number of aromatic hydroxyl groups is 4. The molecular weight excluding hydrogens is 400 g/mol. The van der Waals surface area contributed by atoms with Crippen LogP contribution in [0.25, 0.3) is 0 Å². The summed E-state index contributed by atoms with van der Waals surface area (Å²) in [5.74, 6) is -2.30. The Morgan fingerprint density at radius 2 is 1.55 bits per heavy atom. The van der Waals surface area contributed by atoms with Crippen molar-refractivity contribution in [3.63, 3.8) is 0 Å². The van der Waals surface area contributed by atoms with Gasteiger partial charge in [0.25, 0.3) is 0 Å². The van der Waals surface area contributed by atoms with Crippen LogP contribution in [0.5, 0.6) is 28.7 Å². The molecule has 0 spiro atoms. The summed E-state index contributed by atoms with van der Waals surface area (Å²) in [5.41, 5.74) is 1.49. The van der Waals surface area contributed by atoms with Crippen LogP contribution in [0.4, 0.5) is 0 Å². The first-order valence-corrected chi connectivity index (χ1v) is 9.73. The molecule has 4 N–H and O–H groups in total. The molecule has 3 aromatic carbocycles. The van der Waals surface area contributed by atoms with Crippen LogP contribution in [0.2, 0.25) is 0 Å². The van der Waals surface area contributed by atoms with E-state index in [0.717, 1.165) is 5.56 Å². The SMILES string of the molecule is O=C1CC(c2ccc(O)cc2)c2c(cc(O)c(C(=O)CCc3ccc(O)cc3)c2O)O1. The van der Waals surface area contributed by atoms with Crippen LogP contribution in [0.1, 0.15) is 45.8 Å². The van der Waals surface area contributed by atoms with E-state index in [1.54, 1.807) is 24.3 Å². The van der Waals surface area contributed by atoms with Gasteiger partial charge in [-0.3, -0.25) is 9.59 Å². The van der Waals surface area contributed by atoms with Crippen molar-refractivity contribution in [2.45, 2.75) is 25.2 Å². The number of rotatable bonds is 5. The van der Waals surface area contributed by atoms with Crippen molar-refractivity contribution >= 4 is 11.8 Å². The highest BCUT2D eigenvalue weighted by Gasteiger charge is 2.35. The van der Waals surface area contributed by atoms with Crippen molar-refractivity contribution in [2.24, 2.45) is 0 Å². The summed E-state index contributed by atoms with van der Waals surface area (Å²) in [6.45, 7) is 0. The molecule has 1 aliphatic rings. The minimum atomic E-state index is -0.596. The van der Waals surface area contributed by atoms with E-state index in [4.69, 9.17) is 4.74 Å². The van der Waals surface area contributed by atoms with E-state index in [-0.39, 0.29) is 41.2 Å². The van der Waals surface area contributed by atoms with Crippen molar-refractivity contribution in [3.8, 4) is 28.7 Å². The van der Waals surface area contributed by atoms with Crippen LogP contribution in [0.15, 0.2) is 54.6 Å². The fourth-order valence-corrected chi connectivity index (χ4v) is 3.81. The van der Waals surface area contributed by atoms with Gasteiger partial charge in [0, 0.05) is 24.0 Å². The maximum atomic E-state index is 12.9. The Kier molecular flexibility index (Phi) is 5.25. The van der Waals surface area contributed by atoms with Crippen LogP contribution < -0.4 is 4.74 Å². The predicted octanol–water partition coefficient (Wildman–Crippen LogP) is 3.77. The van der Waals surface area contributed by atoms with Gasteiger partial charge in [-0.1, -0.05) is 24.3 Å². The van der Waals surface area contributed by atoms with E-state index in [2.05, 4.69) is 0 Å². The molecule has 1 heterocycles. The third-order valence-corrected chi connectivity index (χ3v) is 5.38. The van der Waals surface area contributed by atoms with Crippen LogP contribution in [-0.4, -0.2) is 32.2 Å². The third kappa shape index (κ3) is 4.02. The highest BCUT2D eigenvalue weighted by atomic mass is 16.5. The molecular formula is C24H20O7. The molecule has 7 nitrogen and oxygen atoms in total. The second-order valence-electron chi connectivity index (χ2n) is 7.44. The Bertz CT molecular complexity index is 1150. The van der Waals surface area contributed by atoms with Gasteiger partial charge in [-0.25, -0.2) is 0 Å². The average molecular weight is 420 g/mol. The number of phenolic OH excluding ortho intramolecular Hbond substituents is 4. The number of hydrogen-bond acceptors (Lipinski definition) is 7. The lowest BCUT2D eigenvalue weighted by atomic mass is 9.83. The second-order valence-corrected chi connectivity index (χ2v) is 7.44. The Morgan fingerprint density at radius 1 is 0.935 bits per heavy atom. The van der Waals surface area contributed by atoms with E-state index in [0.29, 0.717) is 12.0 Å². The molecule has 0 radical (unpaired) electrons. The molecule has 31 heavy (non-hydrogen) atoms. The molecule has 3 aromatic rings. The van der Waals surface area contributed by atoms with Crippen LogP contribution in [0.3, 0.4) is 0 Å². The summed E-state index contributed by atoms with van der Waals surface area (Å²) in [5, 5.41) is 40.2. The number of benzene rings is 3. The number of ether oxygens (including phenoxy) is 1. The lowest BCUT2D eigenvalue weighted by molar-refractivity contribution is -0.135. The Morgan fingerprint density at radius 3 is 2.19 bits per heavy atom. The number of Topliss-reactive ketones (excluding diaryl/α,β-unsaturated/α-hetero) is 1. The number of carbonyl (C=O) groups is 2. The zero-order chi connectivity index (χ0) is 22.1. The molecule has 1 aliphatic heterocycles. The molecule has 0 aromatic heterocycles. The molecule has 0 saturated heterocycles. The van der Waals surface area contributed by atoms with Gasteiger partial charge in [-0.15, -0.1) is 0 Å². The summed E-state index contributed by atoms with van der Waals surface area (Å²) in [4.78, 5) is 24.9. The lowest BCUT2D eigenvalue weighted by Gasteiger charge is -2.27. The van der Waals surface area contributed by atoms with Crippen molar-refractivity contribution in [1.29, 1.82) is 0 Å². The Hall–Kier alpha value is -4.00. The van der Waals surface area contributed by atoms with E-state index in [9.17, 15) is 30.0 Å². The smallest absolute Gasteiger partial charge is 0.312 e. The molecule has 158 valence electrons. The van der Waals surface area contributed by atoms with Crippen molar-refractivity contribution in [1.82, 2.24) is 0 Å². The van der Waals surface area contributed by atoms with Gasteiger partial charge in [0.15, 0.2) is 5.78 Å². The van der Waals surface area contributed by atoms with Crippen LogP contribution in [0, 0.1) is 0 Å². The number of fused-ring (bicyclic) bond motifs is 1. The van der Waals surface area contributed by atoms with Gasteiger partial charge in [-0.05, 0) is 41.8 Å². The first-order chi connectivity index (χ1) is 14.8. The fourth-order valence-electron chi connectivity index (χ4n) is 3.81. The quantitative estimate of drug-likeness (QED) is 0.281. The summed E-state index contributed by atoms with van der Waals surface area (Å²) in [6.07, 6.45) is 0.317. The minimum absolute atomic E-state index is 0.000547. The molecule has 0 saturated carbocycles. The van der Waals surface area contributed by atoms with Gasteiger partial charge in [0.1, 0.15) is 34.3 Å². The molecule has 0 fully saturated rings. The van der Waals surface area contributed by atoms with Gasteiger partial charge in [0.05, 0.1) is 6.42 Å². The molecule has 4 rings (SSSR count). The number of carbonyl (C=O) groups excluding carboxylic acids is 2. The first-order valence-electron chi connectivity index (χ1n) is 9.73. The molecule has 0 amide bonds. The molecule has 0 aliphatic carbocycles. The second kappa shape index (κ2) is 8.02. The van der Waals surface area contributed by atoms with Crippen molar-refractivity contribution < 1.29 is 34.8 Å². The summed E-state index contributed by atoms with van der Waals surface area (Å²) >= 11 is 0. The zero-order valence-electron chi connectivity index (χ0n) is 16.4. The molecule has 7 heteroatoms. The normalized spacial score (nSPS) is 15.2. The highest BCUT2D eigenvalue weighted by molar-refractivity contribution is 6.02. The summed E-state index contributed by atoms with van der Waals surface area (Å²) < 4.78 is 5.20. The number of hydrogen-bond donors (Lipinski definition) is 4. The van der Waals surface area contributed by atoms with E-state index in [1.165, 1.54) is 30.3 Å². The van der Waals surface area contributed by atoms with Crippen molar-refractivity contribution in [2.75, 3.05) is 0 Å². The molecule has 1 atom stereocenters. The van der Waals surface area contributed by atoms with Gasteiger partial charge >= 0.3 is 5.97 Å². The zero-order valence-corrected chi connectivity index (χ0v) is 16.4. The summed E-state index contributed by atoms with van der Waals surface area (Å²) in [6, 6.07) is 13.8. The Balaban J connectivity index is 1.69. The molecule has 1 unspecified atom stereocenters. The van der Waals surface area contributed by atoms with Gasteiger partial charge in [0.2, 0.25) is 0 Å².